The minimum Gasteiger partial charge on any atom is -0.365 e. The zero-order valence-electron chi connectivity index (χ0n) is 16.3. The van der Waals surface area contributed by atoms with Crippen molar-refractivity contribution in [2.45, 2.75) is 12.6 Å². The zero-order chi connectivity index (χ0) is 20.1. The van der Waals surface area contributed by atoms with Crippen LogP contribution in [-0.4, -0.2) is 20.3 Å². The number of aryl methyl sites for hydroxylation is 1. The molecule has 0 N–H and O–H groups in total. The van der Waals surface area contributed by atoms with Gasteiger partial charge in [0.25, 0.3) is 5.56 Å². The molecule has 1 unspecified atom stereocenters. The summed E-state index contributed by atoms with van der Waals surface area (Å²) in [7, 11) is 3.25. The van der Waals surface area contributed by atoms with Crippen molar-refractivity contribution >= 4 is 10.9 Å². The molecule has 146 valence electrons. The summed E-state index contributed by atoms with van der Waals surface area (Å²) in [5, 5.41) is 0.558. The molecule has 6 nitrogen and oxygen atoms in total. The maximum atomic E-state index is 13.3. The monoisotopic (exact) mass is 387 g/mol. The Kier molecular flexibility index (Phi) is 4.03. The first kappa shape index (κ1) is 17.7. The van der Waals surface area contributed by atoms with Gasteiger partial charge in [-0.3, -0.25) is 13.9 Å². The molecule has 2 aromatic heterocycles. The fourth-order valence-corrected chi connectivity index (χ4v) is 4.36. The molecule has 4 aromatic rings. The second-order valence-electron chi connectivity index (χ2n) is 7.34. The second kappa shape index (κ2) is 6.60. The van der Waals surface area contributed by atoms with Crippen molar-refractivity contribution in [3.05, 3.63) is 92.8 Å². The molecule has 0 saturated carbocycles. The lowest BCUT2D eigenvalue weighted by molar-refractivity contribution is 0.0478. The third-order valence-corrected chi connectivity index (χ3v) is 5.70. The predicted molar refractivity (Wildman–Crippen MR) is 112 cm³/mol. The Hall–Kier alpha value is -3.38. The van der Waals surface area contributed by atoms with Gasteiger partial charge < -0.3 is 9.30 Å². The van der Waals surface area contributed by atoms with Crippen molar-refractivity contribution in [1.82, 2.24) is 13.7 Å². The number of benzene rings is 2. The van der Waals surface area contributed by atoms with E-state index in [0.717, 1.165) is 22.5 Å². The summed E-state index contributed by atoms with van der Waals surface area (Å²) in [5.41, 5.74) is 3.67. The van der Waals surface area contributed by atoms with E-state index in [4.69, 9.17) is 4.74 Å². The third kappa shape index (κ3) is 2.53. The molecule has 1 aliphatic rings. The van der Waals surface area contributed by atoms with E-state index < -0.39 is 0 Å². The highest BCUT2D eigenvalue weighted by molar-refractivity contribution is 5.96. The number of hydrogen-bond donors (Lipinski definition) is 0. The van der Waals surface area contributed by atoms with Gasteiger partial charge in [0, 0.05) is 20.6 Å². The molecule has 1 atom stereocenters. The molecule has 6 heteroatoms. The Labute approximate surface area is 167 Å². The van der Waals surface area contributed by atoms with E-state index in [1.807, 2.05) is 60.7 Å². The van der Waals surface area contributed by atoms with E-state index in [9.17, 15) is 9.59 Å². The van der Waals surface area contributed by atoms with Crippen LogP contribution in [-0.2, 0) is 25.4 Å². The summed E-state index contributed by atoms with van der Waals surface area (Å²) < 4.78 is 11.1. The first-order valence-electron chi connectivity index (χ1n) is 9.63. The number of nitrogens with zero attached hydrogens (tertiary/aromatic N) is 3. The molecule has 0 radical (unpaired) electrons. The van der Waals surface area contributed by atoms with Gasteiger partial charge in [-0.1, -0.05) is 60.7 Å². The quantitative estimate of drug-likeness (QED) is 0.531. The van der Waals surface area contributed by atoms with Crippen molar-refractivity contribution in [3.63, 3.8) is 0 Å². The Bertz CT molecular complexity index is 1330. The number of ether oxygens (including phenoxy) is 1. The van der Waals surface area contributed by atoms with Gasteiger partial charge in [-0.2, -0.15) is 0 Å². The maximum absolute atomic E-state index is 13.3. The first-order valence-corrected chi connectivity index (χ1v) is 9.63. The molecule has 0 fully saturated rings. The fraction of sp³-hybridized carbons (Fsp3) is 0.217. The van der Waals surface area contributed by atoms with Crippen LogP contribution in [0.4, 0.5) is 0 Å². The molecule has 2 aromatic carbocycles. The lowest BCUT2D eigenvalue weighted by atomic mass is 10.0. The Morgan fingerprint density at radius 1 is 0.897 bits per heavy atom. The number of hydrogen-bond acceptors (Lipinski definition) is 3. The standard InChI is InChI=1S/C23H21N3O3/c1-24-19-17(22(27)25(2)23(24)28)18(15-9-5-3-6-10-15)26-13-14-29-21(20(19)26)16-11-7-4-8-12-16/h3-12,21H,13-14H2,1-2H3. The van der Waals surface area contributed by atoms with Crippen LogP contribution in [0.3, 0.4) is 0 Å². The van der Waals surface area contributed by atoms with Crippen molar-refractivity contribution in [2.24, 2.45) is 14.1 Å². The zero-order valence-corrected chi connectivity index (χ0v) is 16.3. The van der Waals surface area contributed by atoms with Crippen LogP contribution in [0.2, 0.25) is 0 Å². The van der Waals surface area contributed by atoms with Gasteiger partial charge in [-0.25, -0.2) is 4.79 Å². The minimum atomic E-state index is -0.345. The van der Waals surface area contributed by atoms with Gasteiger partial charge in [-0.05, 0) is 11.1 Å². The second-order valence-corrected chi connectivity index (χ2v) is 7.34. The normalized spacial score (nSPS) is 16.1. The molecule has 0 spiro atoms. The van der Waals surface area contributed by atoms with E-state index in [2.05, 4.69) is 4.57 Å². The minimum absolute atomic E-state index is 0.282. The van der Waals surface area contributed by atoms with Crippen LogP contribution in [0.15, 0.2) is 70.3 Å². The Balaban J connectivity index is 1.97. The van der Waals surface area contributed by atoms with Crippen LogP contribution >= 0.6 is 0 Å². The number of rotatable bonds is 2. The summed E-state index contributed by atoms with van der Waals surface area (Å²) in [6, 6.07) is 19.8. The van der Waals surface area contributed by atoms with Crippen molar-refractivity contribution in [2.75, 3.05) is 6.61 Å². The van der Waals surface area contributed by atoms with E-state index in [1.54, 1.807) is 11.6 Å². The van der Waals surface area contributed by atoms with Gasteiger partial charge >= 0.3 is 5.69 Å². The van der Waals surface area contributed by atoms with Gasteiger partial charge in [0.1, 0.15) is 6.10 Å². The van der Waals surface area contributed by atoms with E-state index >= 15 is 0 Å². The van der Waals surface area contributed by atoms with Crippen molar-refractivity contribution in [3.8, 4) is 11.3 Å². The molecular formula is C23H21N3O3. The van der Waals surface area contributed by atoms with Gasteiger partial charge in [0.05, 0.1) is 28.9 Å². The summed E-state index contributed by atoms with van der Waals surface area (Å²) in [6.07, 6.45) is -0.345. The molecular weight excluding hydrogens is 366 g/mol. The molecule has 3 heterocycles. The smallest absolute Gasteiger partial charge is 0.331 e. The van der Waals surface area contributed by atoms with Gasteiger partial charge in [-0.15, -0.1) is 0 Å². The molecule has 29 heavy (non-hydrogen) atoms. The van der Waals surface area contributed by atoms with Crippen molar-refractivity contribution < 1.29 is 4.74 Å². The van der Waals surface area contributed by atoms with Crippen LogP contribution in [0.5, 0.6) is 0 Å². The summed E-state index contributed by atoms with van der Waals surface area (Å²) in [4.78, 5) is 26.0. The largest absolute Gasteiger partial charge is 0.365 e. The maximum Gasteiger partial charge on any atom is 0.331 e. The van der Waals surface area contributed by atoms with Crippen LogP contribution in [0, 0.1) is 0 Å². The molecule has 5 rings (SSSR count). The van der Waals surface area contributed by atoms with E-state index in [0.29, 0.717) is 24.1 Å². The lowest BCUT2D eigenvalue weighted by Crippen LogP contribution is -2.37. The SMILES string of the molecule is Cn1c(=O)c2c(-c3ccccc3)n3c(c2n(C)c1=O)C(c1ccccc1)OCC3. The van der Waals surface area contributed by atoms with E-state index in [-0.39, 0.29) is 17.4 Å². The molecule has 1 aliphatic heterocycles. The molecule has 0 aliphatic carbocycles. The molecule has 0 bridgehead atoms. The highest BCUT2D eigenvalue weighted by atomic mass is 16.5. The average Bonchev–Trinajstić information content (AvgIpc) is 3.13. The van der Waals surface area contributed by atoms with Gasteiger partial charge in [0.15, 0.2) is 0 Å². The van der Waals surface area contributed by atoms with E-state index in [1.165, 1.54) is 11.6 Å². The third-order valence-electron chi connectivity index (χ3n) is 5.70. The van der Waals surface area contributed by atoms with Crippen molar-refractivity contribution in [1.29, 1.82) is 0 Å². The van der Waals surface area contributed by atoms with Crippen LogP contribution in [0.1, 0.15) is 17.4 Å². The summed E-state index contributed by atoms with van der Waals surface area (Å²) in [5.74, 6) is 0. The highest BCUT2D eigenvalue weighted by Crippen LogP contribution is 2.40. The highest BCUT2D eigenvalue weighted by Gasteiger charge is 2.32. The first-order chi connectivity index (χ1) is 14.1. The number of aromatic nitrogens is 3. The Morgan fingerprint density at radius 3 is 2.24 bits per heavy atom. The molecule has 0 amide bonds. The van der Waals surface area contributed by atoms with Gasteiger partial charge in [0.2, 0.25) is 0 Å². The van der Waals surface area contributed by atoms with Crippen LogP contribution in [0.25, 0.3) is 22.2 Å². The topological polar surface area (TPSA) is 58.2 Å². The number of fused-ring (bicyclic) bond motifs is 3. The van der Waals surface area contributed by atoms with Crippen LogP contribution < -0.4 is 11.2 Å². The summed E-state index contributed by atoms with van der Waals surface area (Å²) in [6.45, 7) is 1.15. The molecule has 0 saturated heterocycles. The summed E-state index contributed by atoms with van der Waals surface area (Å²) >= 11 is 0. The fourth-order valence-electron chi connectivity index (χ4n) is 4.36. The average molecular weight is 387 g/mol. The predicted octanol–water partition coefficient (Wildman–Crippen LogP) is 2.83. The lowest BCUT2D eigenvalue weighted by Gasteiger charge is -2.27. The Morgan fingerprint density at radius 2 is 1.55 bits per heavy atom.